The number of benzene rings is 3. The van der Waals surface area contributed by atoms with Crippen LogP contribution in [0.15, 0.2) is 80.3 Å². The summed E-state index contributed by atoms with van der Waals surface area (Å²) in [6.45, 7) is 8.55. The summed E-state index contributed by atoms with van der Waals surface area (Å²) in [6.07, 6.45) is 6.38. The van der Waals surface area contributed by atoms with Gasteiger partial charge in [-0.15, -0.1) is 22.7 Å². The second kappa shape index (κ2) is 18.4. The molecular weight excluding hydrogens is 777 g/mol. The van der Waals surface area contributed by atoms with Crippen molar-refractivity contribution in [1.82, 2.24) is 10.0 Å². The van der Waals surface area contributed by atoms with Gasteiger partial charge in [0.2, 0.25) is 0 Å². The fraction of sp³-hybridized carbons (Fsp3) is 0.390. The standard InChI is InChI=1S/C41H44N2O6S5/c1-5-9-21-27(7-3)38(46)48-30-32-33(31(35-34(30)53-41(50)54-35)49-39(47)28(8-4)22-10-6-2)52-40(51-32)29-36(44)42(23-25-17-13-11-14-18-25)43(37(29)45)24-26-19-15-12-16-20-26/h11-20,27-28H,5-10,21-24H2,1-4H3. The lowest BCUT2D eigenvalue weighted by atomic mass is 10.00. The first-order chi connectivity index (χ1) is 26.2. The molecule has 0 saturated carbocycles. The Morgan fingerprint density at radius 2 is 1.07 bits per heavy atom. The zero-order chi connectivity index (χ0) is 38.4. The van der Waals surface area contributed by atoms with Gasteiger partial charge in [-0.05, 0) is 36.8 Å². The normalized spacial score (nSPS) is 15.3. The van der Waals surface area contributed by atoms with Crippen LogP contribution in [0, 0.1) is 15.0 Å². The summed E-state index contributed by atoms with van der Waals surface area (Å²) in [7, 11) is 0. The molecule has 2 aliphatic heterocycles. The minimum Gasteiger partial charge on any atom is -0.423 e. The highest BCUT2D eigenvalue weighted by Gasteiger charge is 2.46. The largest absolute Gasteiger partial charge is 0.423 e. The lowest BCUT2D eigenvalue weighted by Gasteiger charge is -2.27. The van der Waals surface area contributed by atoms with Crippen molar-refractivity contribution in [3.05, 3.63) is 84.7 Å². The number of fused-ring (bicyclic) bond motifs is 2. The molecule has 2 atom stereocenters. The topological polar surface area (TPSA) is 93.2 Å². The maximum Gasteiger partial charge on any atom is 0.314 e. The highest BCUT2D eigenvalue weighted by molar-refractivity contribution is 8.25. The van der Waals surface area contributed by atoms with E-state index in [0.29, 0.717) is 63.7 Å². The molecule has 3 heterocycles. The van der Waals surface area contributed by atoms with Gasteiger partial charge in [-0.1, -0.05) is 150 Å². The third-order valence-corrected chi connectivity index (χ3v) is 14.9. The predicted octanol–water partition coefficient (Wildman–Crippen LogP) is 11.3. The number of carbonyl (C=O) groups excluding carboxylic acids is 4. The number of rotatable bonds is 16. The van der Waals surface area contributed by atoms with Crippen LogP contribution < -0.4 is 9.47 Å². The summed E-state index contributed by atoms with van der Waals surface area (Å²) >= 11 is 10.7. The number of ether oxygens (including phenoxy) is 2. The Kier molecular flexibility index (Phi) is 13.7. The third kappa shape index (κ3) is 8.65. The van der Waals surface area contributed by atoms with E-state index in [9.17, 15) is 19.2 Å². The van der Waals surface area contributed by atoms with Crippen LogP contribution in [-0.2, 0) is 32.3 Å². The molecule has 4 aromatic rings. The number of nitrogens with zero attached hydrogens (tertiary/aromatic N) is 2. The molecule has 0 N–H and O–H groups in total. The van der Waals surface area contributed by atoms with E-state index in [1.807, 2.05) is 74.5 Å². The molecule has 0 bridgehead atoms. The van der Waals surface area contributed by atoms with Gasteiger partial charge < -0.3 is 9.47 Å². The fourth-order valence-corrected chi connectivity index (χ4v) is 11.9. The highest BCUT2D eigenvalue weighted by atomic mass is 32.2. The molecule has 2 unspecified atom stereocenters. The molecule has 54 heavy (non-hydrogen) atoms. The van der Waals surface area contributed by atoms with E-state index in [4.69, 9.17) is 21.7 Å². The number of carbonyl (C=O) groups is 4. The van der Waals surface area contributed by atoms with Crippen molar-refractivity contribution < 1.29 is 28.7 Å². The van der Waals surface area contributed by atoms with Crippen LogP contribution in [0.25, 0.3) is 9.40 Å². The number of hydrogen-bond acceptors (Lipinski definition) is 11. The van der Waals surface area contributed by atoms with Gasteiger partial charge in [0.05, 0.1) is 48.4 Å². The van der Waals surface area contributed by atoms with Gasteiger partial charge in [-0.25, -0.2) is 10.0 Å². The monoisotopic (exact) mass is 820 g/mol. The van der Waals surface area contributed by atoms with Gasteiger partial charge in [0.15, 0.2) is 11.5 Å². The maximum absolute atomic E-state index is 14.5. The summed E-state index contributed by atoms with van der Waals surface area (Å²) in [6, 6.07) is 19.1. The number of thioether (sulfide) groups is 2. The quantitative estimate of drug-likeness (QED) is 0.0360. The van der Waals surface area contributed by atoms with Crippen LogP contribution in [0.5, 0.6) is 11.5 Å². The molecular formula is C41H44N2O6S5. The first-order valence-corrected chi connectivity index (χ1v) is 22.2. The Labute approximate surface area is 338 Å². The number of esters is 2. The van der Waals surface area contributed by atoms with E-state index in [1.54, 1.807) is 0 Å². The third-order valence-electron chi connectivity index (χ3n) is 9.61. The van der Waals surface area contributed by atoms with Crippen molar-refractivity contribution in [2.24, 2.45) is 11.8 Å². The molecule has 1 aromatic heterocycles. The van der Waals surface area contributed by atoms with E-state index in [0.717, 1.165) is 36.8 Å². The fourth-order valence-electron chi connectivity index (χ4n) is 6.49. The SMILES string of the molecule is CCCCC(CC)C(=O)Oc1c2c(c(OC(=O)C(CC)CCCC)c3sc(=S)sc13)SC(=C1C(=O)N(Cc3ccccc3)N(Cc3ccccc3)C1=O)S2. The number of hydrogen-bond donors (Lipinski definition) is 0. The molecule has 2 aliphatic rings. The minimum atomic E-state index is -0.423. The molecule has 13 heteroatoms. The summed E-state index contributed by atoms with van der Waals surface area (Å²) in [5.74, 6) is -1.43. The van der Waals surface area contributed by atoms with E-state index in [-0.39, 0.29) is 42.4 Å². The van der Waals surface area contributed by atoms with Gasteiger partial charge in [-0.2, -0.15) is 0 Å². The number of amides is 2. The molecule has 2 amide bonds. The van der Waals surface area contributed by atoms with Gasteiger partial charge in [0.25, 0.3) is 11.8 Å². The maximum atomic E-state index is 14.5. The Bertz CT molecular complexity index is 1970. The zero-order valence-corrected chi connectivity index (χ0v) is 35.0. The van der Waals surface area contributed by atoms with Crippen LogP contribution in [0.1, 0.15) is 90.2 Å². The van der Waals surface area contributed by atoms with E-state index in [1.165, 1.54) is 56.2 Å². The van der Waals surface area contributed by atoms with Crippen LogP contribution >= 0.6 is 58.4 Å². The molecule has 284 valence electrons. The summed E-state index contributed by atoms with van der Waals surface area (Å²) in [4.78, 5) is 57.6. The van der Waals surface area contributed by atoms with Crippen molar-refractivity contribution in [1.29, 1.82) is 0 Å². The van der Waals surface area contributed by atoms with Crippen LogP contribution in [-0.4, -0.2) is 33.8 Å². The Morgan fingerprint density at radius 3 is 1.44 bits per heavy atom. The highest BCUT2D eigenvalue weighted by Crippen LogP contribution is 2.63. The van der Waals surface area contributed by atoms with Crippen molar-refractivity contribution >= 4 is 91.6 Å². The first kappa shape index (κ1) is 40.2. The van der Waals surface area contributed by atoms with Gasteiger partial charge in [0.1, 0.15) is 8.71 Å². The number of hydrazine groups is 1. The molecule has 0 aliphatic carbocycles. The van der Waals surface area contributed by atoms with Crippen molar-refractivity contribution in [2.75, 3.05) is 0 Å². The molecule has 0 radical (unpaired) electrons. The minimum absolute atomic E-state index is 0.0300. The Hall–Kier alpha value is -3.49. The van der Waals surface area contributed by atoms with Crippen molar-refractivity contribution in [2.45, 2.75) is 102 Å². The Morgan fingerprint density at radius 1 is 0.667 bits per heavy atom. The smallest absolute Gasteiger partial charge is 0.314 e. The van der Waals surface area contributed by atoms with Crippen molar-refractivity contribution in [3.63, 3.8) is 0 Å². The van der Waals surface area contributed by atoms with Crippen molar-refractivity contribution in [3.8, 4) is 11.5 Å². The summed E-state index contributed by atoms with van der Waals surface area (Å²) in [5, 5.41) is 3.00. The molecule has 0 spiro atoms. The average Bonchev–Trinajstić information content (AvgIpc) is 3.85. The number of unbranched alkanes of at least 4 members (excludes halogenated alkanes) is 2. The van der Waals surface area contributed by atoms with Gasteiger partial charge >= 0.3 is 11.9 Å². The van der Waals surface area contributed by atoms with E-state index in [2.05, 4.69) is 13.8 Å². The lowest BCUT2D eigenvalue weighted by Crippen LogP contribution is -2.39. The molecule has 6 rings (SSSR count). The predicted molar refractivity (Wildman–Crippen MR) is 221 cm³/mol. The zero-order valence-electron chi connectivity index (χ0n) is 30.9. The first-order valence-electron chi connectivity index (χ1n) is 18.6. The Balaban J connectivity index is 1.47. The lowest BCUT2D eigenvalue weighted by molar-refractivity contribution is -0.149. The van der Waals surface area contributed by atoms with Crippen LogP contribution in [0.2, 0.25) is 0 Å². The molecule has 3 aromatic carbocycles. The van der Waals surface area contributed by atoms with Crippen LogP contribution in [0.3, 0.4) is 0 Å². The summed E-state index contributed by atoms with van der Waals surface area (Å²) in [5.41, 5.74) is 1.79. The van der Waals surface area contributed by atoms with E-state index < -0.39 is 11.8 Å². The molecule has 8 nitrogen and oxygen atoms in total. The van der Waals surface area contributed by atoms with E-state index >= 15 is 0 Å². The second-order valence-corrected chi connectivity index (χ2v) is 18.9. The average molecular weight is 821 g/mol. The molecule has 1 fully saturated rings. The second-order valence-electron chi connectivity index (χ2n) is 13.3. The molecule has 1 saturated heterocycles. The van der Waals surface area contributed by atoms with Crippen LogP contribution in [0.4, 0.5) is 0 Å². The summed E-state index contributed by atoms with van der Waals surface area (Å²) < 4.78 is 14.9. The van der Waals surface area contributed by atoms with Gasteiger partial charge in [0, 0.05) is 0 Å². The van der Waals surface area contributed by atoms with Gasteiger partial charge in [-0.3, -0.25) is 19.2 Å².